The van der Waals surface area contributed by atoms with Gasteiger partial charge in [-0.25, -0.2) is 0 Å². The van der Waals surface area contributed by atoms with Gasteiger partial charge in [-0.2, -0.15) is 0 Å². The first-order chi connectivity index (χ1) is 11.6. The summed E-state index contributed by atoms with van der Waals surface area (Å²) >= 11 is 0. The summed E-state index contributed by atoms with van der Waals surface area (Å²) in [5.41, 5.74) is 2.68. The Morgan fingerprint density at radius 2 is 1.88 bits per heavy atom. The average molecular weight is 324 g/mol. The maximum Gasteiger partial charge on any atom is 0.247 e. The molecular formula is C20H24N2O2. The van der Waals surface area contributed by atoms with Gasteiger partial charge in [0.25, 0.3) is 0 Å². The van der Waals surface area contributed by atoms with E-state index < -0.39 is 5.41 Å². The predicted molar refractivity (Wildman–Crippen MR) is 94.9 cm³/mol. The molecule has 2 aromatic rings. The van der Waals surface area contributed by atoms with Crippen molar-refractivity contribution in [2.45, 2.75) is 51.0 Å². The van der Waals surface area contributed by atoms with Gasteiger partial charge in [-0.15, -0.1) is 0 Å². The molecular weight excluding hydrogens is 300 g/mol. The van der Waals surface area contributed by atoms with E-state index in [0.29, 0.717) is 6.54 Å². The minimum atomic E-state index is -0.425. The van der Waals surface area contributed by atoms with Crippen molar-refractivity contribution in [3.63, 3.8) is 0 Å². The summed E-state index contributed by atoms with van der Waals surface area (Å²) in [5.74, 6) is 0.0997. The highest BCUT2D eigenvalue weighted by Crippen LogP contribution is 2.41. The van der Waals surface area contributed by atoms with Crippen molar-refractivity contribution in [3.05, 3.63) is 69.6 Å². The van der Waals surface area contributed by atoms with Crippen LogP contribution < -0.4 is 10.9 Å². The van der Waals surface area contributed by atoms with Gasteiger partial charge in [-0.3, -0.25) is 9.59 Å². The Bertz CT molecular complexity index is 753. The Hall–Kier alpha value is -2.36. The van der Waals surface area contributed by atoms with E-state index in [1.165, 1.54) is 18.1 Å². The number of nitrogens with one attached hydrogen (secondary N) is 2. The molecule has 0 saturated heterocycles. The van der Waals surface area contributed by atoms with Gasteiger partial charge in [-0.1, -0.05) is 49.6 Å². The normalized spacial score (nSPS) is 16.5. The summed E-state index contributed by atoms with van der Waals surface area (Å²) in [5, 5.41) is 3.09. The van der Waals surface area contributed by atoms with Crippen molar-refractivity contribution in [1.29, 1.82) is 0 Å². The first-order valence-electron chi connectivity index (χ1n) is 8.64. The highest BCUT2D eigenvalue weighted by molar-refractivity contribution is 5.88. The van der Waals surface area contributed by atoms with Crippen molar-refractivity contribution >= 4 is 5.91 Å². The number of hydrogen-bond donors (Lipinski definition) is 2. The molecule has 1 aliphatic carbocycles. The van der Waals surface area contributed by atoms with Crippen LogP contribution in [0.2, 0.25) is 0 Å². The number of aromatic amines is 1. The van der Waals surface area contributed by atoms with Crippen molar-refractivity contribution in [2.24, 2.45) is 0 Å². The fourth-order valence-corrected chi connectivity index (χ4v) is 3.79. The Morgan fingerprint density at radius 3 is 2.54 bits per heavy atom. The van der Waals surface area contributed by atoms with E-state index in [-0.39, 0.29) is 11.5 Å². The van der Waals surface area contributed by atoms with E-state index in [1.54, 1.807) is 12.3 Å². The molecule has 4 heteroatoms. The molecule has 0 radical (unpaired) electrons. The Kier molecular flexibility index (Phi) is 4.84. The molecule has 0 atom stereocenters. The van der Waals surface area contributed by atoms with Crippen LogP contribution in [0.1, 0.15) is 48.8 Å². The summed E-state index contributed by atoms with van der Waals surface area (Å²) < 4.78 is 0. The average Bonchev–Trinajstić information content (AvgIpc) is 2.62. The molecule has 3 rings (SSSR count). The maximum atomic E-state index is 13.1. The van der Waals surface area contributed by atoms with Gasteiger partial charge in [0, 0.05) is 18.8 Å². The molecule has 1 amide bonds. The zero-order chi connectivity index (χ0) is 17.0. The van der Waals surface area contributed by atoms with E-state index in [0.717, 1.165) is 36.8 Å². The van der Waals surface area contributed by atoms with Crippen molar-refractivity contribution in [3.8, 4) is 0 Å². The smallest absolute Gasteiger partial charge is 0.247 e. The molecule has 126 valence electrons. The zero-order valence-electron chi connectivity index (χ0n) is 14.1. The second-order valence-corrected chi connectivity index (χ2v) is 6.70. The van der Waals surface area contributed by atoms with Gasteiger partial charge >= 0.3 is 0 Å². The molecule has 1 heterocycles. The number of carbonyl (C=O) groups excluding carboxylic acids is 1. The molecule has 1 aromatic heterocycles. The van der Waals surface area contributed by atoms with Crippen LogP contribution in [0.3, 0.4) is 0 Å². The number of amides is 1. The molecule has 0 bridgehead atoms. The molecule has 4 nitrogen and oxygen atoms in total. The standard InChI is InChI=1S/C20H24N2O2/c1-15-7-3-4-8-17(15)20(11-5-2-6-12-20)19(24)22-14-16-9-10-18(23)21-13-16/h3-4,7-10,13H,2,5-6,11-12,14H2,1H3,(H,21,23)(H,22,24). The number of carbonyl (C=O) groups is 1. The van der Waals surface area contributed by atoms with E-state index >= 15 is 0 Å². The Balaban J connectivity index is 1.83. The van der Waals surface area contributed by atoms with E-state index in [9.17, 15) is 9.59 Å². The minimum Gasteiger partial charge on any atom is -0.351 e. The molecule has 0 aliphatic heterocycles. The van der Waals surface area contributed by atoms with Crippen LogP contribution in [0.15, 0.2) is 47.4 Å². The van der Waals surface area contributed by atoms with Crippen LogP contribution in [-0.4, -0.2) is 10.9 Å². The van der Waals surface area contributed by atoms with Crippen LogP contribution >= 0.6 is 0 Å². The molecule has 1 fully saturated rings. The van der Waals surface area contributed by atoms with Gasteiger partial charge in [-0.05, 0) is 36.5 Å². The van der Waals surface area contributed by atoms with E-state index in [2.05, 4.69) is 29.4 Å². The molecule has 24 heavy (non-hydrogen) atoms. The van der Waals surface area contributed by atoms with Crippen molar-refractivity contribution in [2.75, 3.05) is 0 Å². The maximum absolute atomic E-state index is 13.1. The fraction of sp³-hybridized carbons (Fsp3) is 0.400. The Morgan fingerprint density at radius 1 is 1.12 bits per heavy atom. The van der Waals surface area contributed by atoms with Crippen molar-refractivity contribution < 1.29 is 4.79 Å². The summed E-state index contributed by atoms with van der Waals surface area (Å²) in [6.07, 6.45) is 6.82. The highest BCUT2D eigenvalue weighted by atomic mass is 16.2. The van der Waals surface area contributed by atoms with Crippen LogP contribution in [0.5, 0.6) is 0 Å². The number of pyridine rings is 1. The molecule has 1 saturated carbocycles. The monoisotopic (exact) mass is 324 g/mol. The highest BCUT2D eigenvalue weighted by Gasteiger charge is 2.41. The number of aryl methyl sites for hydroxylation is 1. The number of hydrogen-bond acceptors (Lipinski definition) is 2. The quantitative estimate of drug-likeness (QED) is 0.907. The number of H-pyrrole nitrogens is 1. The Labute approximate surface area is 142 Å². The minimum absolute atomic E-state index is 0.0997. The SMILES string of the molecule is Cc1ccccc1C1(C(=O)NCc2ccc(=O)[nH]c2)CCCCC1. The van der Waals surface area contributed by atoms with E-state index in [4.69, 9.17) is 0 Å². The third-order valence-corrected chi connectivity index (χ3v) is 5.10. The number of aromatic nitrogens is 1. The van der Waals surface area contributed by atoms with Crippen LogP contribution in [0.25, 0.3) is 0 Å². The third-order valence-electron chi connectivity index (χ3n) is 5.10. The van der Waals surface area contributed by atoms with Crippen LogP contribution in [0, 0.1) is 6.92 Å². The summed E-state index contributed by atoms with van der Waals surface area (Å²) in [6.45, 7) is 2.52. The first kappa shape index (κ1) is 16.5. The summed E-state index contributed by atoms with van der Waals surface area (Å²) in [7, 11) is 0. The lowest BCUT2D eigenvalue weighted by Crippen LogP contribution is -2.46. The third kappa shape index (κ3) is 3.28. The molecule has 1 aliphatic rings. The number of benzene rings is 1. The second-order valence-electron chi connectivity index (χ2n) is 6.70. The first-order valence-corrected chi connectivity index (χ1v) is 8.64. The molecule has 0 unspecified atom stereocenters. The fourth-order valence-electron chi connectivity index (χ4n) is 3.79. The zero-order valence-corrected chi connectivity index (χ0v) is 14.1. The predicted octanol–water partition coefficient (Wildman–Crippen LogP) is 3.20. The lowest BCUT2D eigenvalue weighted by molar-refractivity contribution is -0.128. The molecule has 1 aromatic carbocycles. The topological polar surface area (TPSA) is 62.0 Å². The van der Waals surface area contributed by atoms with Crippen molar-refractivity contribution in [1.82, 2.24) is 10.3 Å². The van der Waals surface area contributed by atoms with Gasteiger partial charge in [0.2, 0.25) is 11.5 Å². The van der Waals surface area contributed by atoms with Gasteiger partial charge in [0.1, 0.15) is 0 Å². The number of rotatable bonds is 4. The second kappa shape index (κ2) is 7.04. The van der Waals surface area contributed by atoms with Crippen LogP contribution in [-0.2, 0) is 16.8 Å². The lowest BCUT2D eigenvalue weighted by atomic mass is 9.67. The lowest BCUT2D eigenvalue weighted by Gasteiger charge is -2.37. The van der Waals surface area contributed by atoms with Crippen LogP contribution in [0.4, 0.5) is 0 Å². The van der Waals surface area contributed by atoms with Gasteiger partial charge in [0.15, 0.2) is 0 Å². The summed E-state index contributed by atoms with van der Waals surface area (Å²) in [6, 6.07) is 11.5. The van der Waals surface area contributed by atoms with E-state index in [1.807, 2.05) is 12.1 Å². The molecule has 0 spiro atoms. The summed E-state index contributed by atoms with van der Waals surface area (Å²) in [4.78, 5) is 26.9. The molecule has 2 N–H and O–H groups in total. The van der Waals surface area contributed by atoms with Gasteiger partial charge < -0.3 is 10.3 Å². The largest absolute Gasteiger partial charge is 0.351 e. The van der Waals surface area contributed by atoms with Gasteiger partial charge in [0.05, 0.1) is 5.41 Å².